The van der Waals surface area contributed by atoms with E-state index in [-0.39, 0.29) is 0 Å². The number of fused-ring (bicyclic) bond motifs is 4. The molecule has 0 aliphatic heterocycles. The van der Waals surface area contributed by atoms with Crippen molar-refractivity contribution in [1.82, 2.24) is 39.7 Å². The van der Waals surface area contributed by atoms with Crippen LogP contribution in [0.5, 0.6) is 0 Å². The smallest absolute Gasteiger partial charge is 0.127 e. The molecule has 0 fully saturated rings. The molecule has 4 heterocycles. The fourth-order valence-corrected chi connectivity index (χ4v) is 7.93. The maximum absolute atomic E-state index is 5.86. The van der Waals surface area contributed by atoms with Gasteiger partial charge in [-0.25, -0.2) is 9.97 Å². The Morgan fingerprint density at radius 2 is 1.46 bits per heavy atom. The molecule has 2 atom stereocenters. The fraction of sp³-hybridized carbons (Fsp3) is 0.429. The molecule has 10 nitrogen and oxygen atoms in total. The highest BCUT2D eigenvalue weighted by molar-refractivity contribution is 5.77. The number of pyridine rings is 2. The zero-order chi connectivity index (χ0) is 35.5. The van der Waals surface area contributed by atoms with Crippen LogP contribution in [0.4, 0.5) is 0 Å². The third kappa shape index (κ3) is 8.58. The molecular weight excluding hydrogens is 645 g/mol. The van der Waals surface area contributed by atoms with E-state index in [1.165, 1.54) is 48.2 Å². The number of nitrogens with zero attached hydrogens (tertiary/aromatic N) is 6. The van der Waals surface area contributed by atoms with Gasteiger partial charge in [0.05, 0.1) is 52.6 Å². The van der Waals surface area contributed by atoms with E-state index in [1.807, 2.05) is 30.6 Å². The van der Waals surface area contributed by atoms with Crippen LogP contribution in [0.2, 0.25) is 0 Å². The Balaban J connectivity index is 0.000000220. The molecule has 0 saturated carbocycles. The summed E-state index contributed by atoms with van der Waals surface area (Å²) in [5.74, 6) is 2.01. The van der Waals surface area contributed by atoms with Crippen molar-refractivity contribution in [3.63, 3.8) is 0 Å². The number of imidazole rings is 2. The molecule has 0 amide bonds. The number of nitrogens with one attached hydrogen (secondary N) is 2. The van der Waals surface area contributed by atoms with Gasteiger partial charge in [-0.1, -0.05) is 36.4 Å². The molecule has 4 aromatic heterocycles. The molecule has 0 bridgehead atoms. The first kappa shape index (κ1) is 35.9. The normalized spacial score (nSPS) is 16.8. The zero-order valence-electron chi connectivity index (χ0n) is 30.4. The maximum atomic E-state index is 5.86. The summed E-state index contributed by atoms with van der Waals surface area (Å²) in [6, 6.07) is 25.9. The molecule has 8 rings (SSSR count). The van der Waals surface area contributed by atoms with Crippen molar-refractivity contribution >= 4 is 22.1 Å². The standard InChI is InChI=1S/C29H33N7.C13H21N3/c30-16-5-6-18-35(26-15-7-9-21-10-8-17-31-29(21)26)20-28-34-24-13-3-4-14-25(24)36(28)19-27-32-22-11-1-2-12-23(22)33-27;14-8-1-2-9-15-12-7-3-5-11-6-4-10-16-13(11)12/h1-4,8,10-14,17,26H,5-7,9,15-16,18-20,30H2,(H,32,33);4,6,10,12,15H,1-3,5,7-9,14H2/t26-;12-/m00/s1. The Kier molecular flexibility index (Phi) is 12.3. The second-order valence-corrected chi connectivity index (χ2v) is 14.2. The van der Waals surface area contributed by atoms with Gasteiger partial charge in [-0.3, -0.25) is 14.9 Å². The highest BCUT2D eigenvalue weighted by Crippen LogP contribution is 2.34. The lowest BCUT2D eigenvalue weighted by Crippen LogP contribution is -2.34. The van der Waals surface area contributed by atoms with Gasteiger partial charge in [-0.2, -0.15) is 0 Å². The van der Waals surface area contributed by atoms with Gasteiger partial charge >= 0.3 is 0 Å². The molecule has 6 aromatic rings. The maximum Gasteiger partial charge on any atom is 0.127 e. The van der Waals surface area contributed by atoms with E-state index in [9.17, 15) is 0 Å². The third-order valence-electron chi connectivity index (χ3n) is 10.5. The molecule has 52 heavy (non-hydrogen) atoms. The highest BCUT2D eigenvalue weighted by atomic mass is 15.2. The van der Waals surface area contributed by atoms with Gasteiger partial charge in [0, 0.05) is 18.4 Å². The van der Waals surface area contributed by atoms with E-state index in [0.29, 0.717) is 18.6 Å². The quantitative estimate of drug-likeness (QED) is 0.0916. The number of rotatable bonds is 14. The van der Waals surface area contributed by atoms with E-state index < -0.39 is 0 Å². The van der Waals surface area contributed by atoms with Gasteiger partial charge in [0.15, 0.2) is 0 Å². The first-order valence-electron chi connectivity index (χ1n) is 19.3. The summed E-state index contributed by atoms with van der Waals surface area (Å²) < 4.78 is 2.32. The van der Waals surface area contributed by atoms with Crippen LogP contribution in [-0.2, 0) is 25.9 Å². The van der Waals surface area contributed by atoms with E-state index in [1.54, 1.807) is 0 Å². The molecule has 0 radical (unpaired) electrons. The average molecular weight is 699 g/mol. The number of unbranched alkanes of at least 4 members (excludes halogenated alkanes) is 2. The van der Waals surface area contributed by atoms with Gasteiger partial charge in [0.2, 0.25) is 0 Å². The molecule has 2 aliphatic carbocycles. The Labute approximate surface area is 307 Å². The predicted molar refractivity (Wildman–Crippen MR) is 210 cm³/mol. The second kappa shape index (κ2) is 17.8. The van der Waals surface area contributed by atoms with E-state index >= 15 is 0 Å². The summed E-state index contributed by atoms with van der Waals surface area (Å²) in [7, 11) is 0. The number of para-hydroxylation sites is 4. The van der Waals surface area contributed by atoms with Crippen LogP contribution in [0.3, 0.4) is 0 Å². The van der Waals surface area contributed by atoms with Crippen molar-refractivity contribution in [1.29, 1.82) is 0 Å². The third-order valence-corrected chi connectivity index (χ3v) is 10.5. The largest absolute Gasteiger partial charge is 0.340 e. The number of nitrogens with two attached hydrogens (primary N) is 2. The van der Waals surface area contributed by atoms with E-state index in [0.717, 1.165) is 105 Å². The van der Waals surface area contributed by atoms with Crippen molar-refractivity contribution < 1.29 is 0 Å². The molecule has 2 aliphatic rings. The van der Waals surface area contributed by atoms with Gasteiger partial charge in [-0.05, 0) is 138 Å². The van der Waals surface area contributed by atoms with E-state index in [4.69, 9.17) is 26.4 Å². The van der Waals surface area contributed by atoms with Gasteiger partial charge in [-0.15, -0.1) is 0 Å². The van der Waals surface area contributed by atoms with Crippen molar-refractivity contribution in [2.45, 2.75) is 89.4 Å². The fourth-order valence-electron chi connectivity index (χ4n) is 7.93. The minimum absolute atomic E-state index is 0.298. The number of aryl methyl sites for hydroxylation is 2. The molecule has 0 spiro atoms. The Bertz CT molecular complexity index is 1980. The second-order valence-electron chi connectivity index (χ2n) is 14.2. The van der Waals surface area contributed by atoms with Crippen LogP contribution < -0.4 is 16.8 Å². The summed E-state index contributed by atoms with van der Waals surface area (Å²) in [4.78, 5) is 25.4. The van der Waals surface area contributed by atoms with Crippen LogP contribution in [0.25, 0.3) is 22.1 Å². The molecule has 10 heteroatoms. The summed E-state index contributed by atoms with van der Waals surface area (Å²) in [5.41, 5.74) is 20.9. The Hall–Kier alpha value is -4.48. The number of hydrogen-bond donors (Lipinski definition) is 4. The summed E-state index contributed by atoms with van der Waals surface area (Å²) >= 11 is 0. The first-order valence-corrected chi connectivity index (χ1v) is 19.3. The van der Waals surface area contributed by atoms with Crippen LogP contribution in [0.15, 0.2) is 85.2 Å². The van der Waals surface area contributed by atoms with Crippen LogP contribution in [-0.4, -0.2) is 60.6 Å². The number of aromatic nitrogens is 6. The highest BCUT2D eigenvalue weighted by Gasteiger charge is 2.28. The van der Waals surface area contributed by atoms with Crippen LogP contribution >= 0.6 is 0 Å². The summed E-state index contributed by atoms with van der Waals surface area (Å²) in [6.45, 7) is 4.96. The molecule has 2 aromatic carbocycles. The Morgan fingerprint density at radius 1 is 0.750 bits per heavy atom. The number of hydrogen-bond acceptors (Lipinski definition) is 8. The SMILES string of the molecule is NCCCCN(Cc1nc2ccccc2n1Cc1nc2ccccc2[nH]1)[C@H]1CCCc2cccnc21.NCCCCN[C@H]1CCCc2cccnc21. The van der Waals surface area contributed by atoms with Crippen molar-refractivity contribution in [3.8, 4) is 0 Å². The molecular formula is C42H54N10. The van der Waals surface area contributed by atoms with Crippen LogP contribution in [0.1, 0.15) is 97.6 Å². The van der Waals surface area contributed by atoms with Gasteiger partial charge in [0.25, 0.3) is 0 Å². The minimum atomic E-state index is 0.298. The van der Waals surface area contributed by atoms with Gasteiger partial charge < -0.3 is 26.3 Å². The first-order chi connectivity index (χ1) is 25.7. The summed E-state index contributed by atoms with van der Waals surface area (Å²) in [5, 5.41) is 3.59. The number of benzene rings is 2. The average Bonchev–Trinajstić information content (AvgIpc) is 3.77. The Morgan fingerprint density at radius 3 is 2.27 bits per heavy atom. The minimum Gasteiger partial charge on any atom is -0.340 e. The van der Waals surface area contributed by atoms with Gasteiger partial charge in [0.1, 0.15) is 11.6 Å². The molecule has 272 valence electrons. The number of H-pyrrole nitrogens is 1. The molecule has 0 unspecified atom stereocenters. The predicted octanol–water partition coefficient (Wildman–Crippen LogP) is 6.76. The topological polar surface area (TPSA) is 140 Å². The number of aromatic amines is 1. The van der Waals surface area contributed by atoms with Crippen LogP contribution in [0, 0.1) is 0 Å². The van der Waals surface area contributed by atoms with Crippen molar-refractivity contribution in [2.24, 2.45) is 11.5 Å². The lowest BCUT2D eigenvalue weighted by molar-refractivity contribution is 0.157. The summed E-state index contributed by atoms with van der Waals surface area (Å²) in [6.07, 6.45) is 15.3. The molecule has 6 N–H and O–H groups in total. The lowest BCUT2D eigenvalue weighted by Gasteiger charge is -2.35. The van der Waals surface area contributed by atoms with E-state index in [2.05, 4.69) is 79.3 Å². The van der Waals surface area contributed by atoms with Crippen molar-refractivity contribution in [3.05, 3.63) is 119 Å². The van der Waals surface area contributed by atoms with Crippen molar-refractivity contribution in [2.75, 3.05) is 26.2 Å². The zero-order valence-corrected chi connectivity index (χ0v) is 30.4. The molecule has 0 saturated heterocycles. The monoisotopic (exact) mass is 698 g/mol. The lowest BCUT2D eigenvalue weighted by atomic mass is 9.90.